The average molecular weight is 658 g/mol. The van der Waals surface area contributed by atoms with Crippen molar-refractivity contribution in [1.82, 2.24) is 0 Å². The van der Waals surface area contributed by atoms with Crippen molar-refractivity contribution >= 4 is 73.8 Å². The summed E-state index contributed by atoms with van der Waals surface area (Å²) in [5, 5.41) is 19.7. The maximum atomic E-state index is 13.0. The fraction of sp³-hybridized carbons (Fsp3) is 0. The zero-order valence-electron chi connectivity index (χ0n) is 13.7. The van der Waals surface area contributed by atoms with Gasteiger partial charge in [-0.15, -0.1) is 0 Å². The zero-order valence-corrected chi connectivity index (χ0v) is 20.8. The number of hydrogen-bond donors (Lipinski definition) is 2. The van der Waals surface area contributed by atoms with Crippen molar-refractivity contribution in [3.8, 4) is 28.4 Å². The van der Waals surface area contributed by atoms with Gasteiger partial charge in [0.05, 0.1) is 17.9 Å². The summed E-state index contributed by atoms with van der Waals surface area (Å²) in [4.78, 5) is -0.0418. The molecule has 0 aliphatic rings. The Morgan fingerprint density at radius 2 is 1.21 bits per heavy atom. The van der Waals surface area contributed by atoms with Crippen LogP contribution >= 0.6 is 63.7 Å². The molecule has 28 heavy (non-hydrogen) atoms. The Labute approximate surface area is 195 Å². The molecule has 0 saturated carbocycles. The van der Waals surface area contributed by atoms with Gasteiger partial charge in [0.2, 0.25) is 0 Å². The number of phenols is 2. The van der Waals surface area contributed by atoms with E-state index >= 15 is 0 Å². The molecule has 0 spiro atoms. The van der Waals surface area contributed by atoms with Crippen LogP contribution in [0.25, 0.3) is 11.1 Å². The fourth-order valence-corrected chi connectivity index (χ4v) is 5.88. The number of rotatable bonds is 4. The Kier molecular flexibility index (Phi) is 6.45. The maximum Gasteiger partial charge on any atom is 0.339 e. The summed E-state index contributed by atoms with van der Waals surface area (Å²) in [6.07, 6.45) is 0. The van der Waals surface area contributed by atoms with Crippen molar-refractivity contribution < 1.29 is 22.8 Å². The number of aromatic hydroxyl groups is 2. The molecule has 0 unspecified atom stereocenters. The van der Waals surface area contributed by atoms with E-state index in [9.17, 15) is 18.6 Å². The van der Waals surface area contributed by atoms with Gasteiger partial charge in [-0.25, -0.2) is 0 Å². The molecule has 0 atom stereocenters. The van der Waals surface area contributed by atoms with E-state index in [0.29, 0.717) is 20.1 Å². The molecular weight excluding hydrogens is 648 g/mol. The fourth-order valence-electron chi connectivity index (χ4n) is 2.41. The van der Waals surface area contributed by atoms with Crippen molar-refractivity contribution in [3.05, 3.63) is 66.4 Å². The van der Waals surface area contributed by atoms with Crippen LogP contribution in [-0.2, 0) is 10.1 Å². The molecule has 146 valence electrons. The Hall–Kier alpha value is -1.07. The number of hydrogen-bond acceptors (Lipinski definition) is 5. The van der Waals surface area contributed by atoms with Gasteiger partial charge in [-0.2, -0.15) is 8.42 Å². The summed E-state index contributed by atoms with van der Waals surface area (Å²) in [6, 6.07) is 12.3. The molecule has 2 N–H and O–H groups in total. The highest BCUT2D eigenvalue weighted by Crippen LogP contribution is 2.40. The van der Waals surface area contributed by atoms with Crippen LogP contribution < -0.4 is 4.18 Å². The predicted octanol–water partition coefficient (Wildman–Crippen LogP) is 6.58. The molecule has 0 bridgehead atoms. The van der Waals surface area contributed by atoms with Crippen LogP contribution in [-0.4, -0.2) is 18.6 Å². The van der Waals surface area contributed by atoms with E-state index in [-0.39, 0.29) is 31.1 Å². The molecule has 0 aliphatic carbocycles. The van der Waals surface area contributed by atoms with Crippen molar-refractivity contribution in [2.75, 3.05) is 0 Å². The number of phenolic OH excluding ortho intramolecular Hbond substituents is 2. The van der Waals surface area contributed by atoms with Gasteiger partial charge >= 0.3 is 10.1 Å². The first-order valence-electron chi connectivity index (χ1n) is 7.50. The largest absolute Gasteiger partial charge is 0.506 e. The Bertz CT molecular complexity index is 1130. The maximum absolute atomic E-state index is 13.0. The molecular formula is C18H10Br4O5S. The third-order valence-corrected chi connectivity index (χ3v) is 7.41. The molecule has 3 aromatic rings. The van der Waals surface area contributed by atoms with Gasteiger partial charge in [-0.3, -0.25) is 0 Å². The normalized spacial score (nSPS) is 11.4. The highest BCUT2D eigenvalue weighted by atomic mass is 79.9. The van der Waals surface area contributed by atoms with Crippen LogP contribution in [0, 0.1) is 0 Å². The second-order valence-corrected chi connectivity index (χ2v) is 10.5. The molecule has 5 nitrogen and oxygen atoms in total. The topological polar surface area (TPSA) is 83.8 Å². The quantitative estimate of drug-likeness (QED) is 0.310. The third-order valence-electron chi connectivity index (χ3n) is 3.68. The molecule has 0 fully saturated rings. The number of halogens is 4. The minimum Gasteiger partial charge on any atom is -0.506 e. The van der Waals surface area contributed by atoms with Crippen LogP contribution in [0.2, 0.25) is 0 Å². The van der Waals surface area contributed by atoms with E-state index in [4.69, 9.17) is 4.18 Å². The van der Waals surface area contributed by atoms with E-state index in [2.05, 4.69) is 63.7 Å². The van der Waals surface area contributed by atoms with Gasteiger partial charge in [0.15, 0.2) is 0 Å². The standard InChI is InChI=1S/C18H10Br4O5S/c19-12-5-9(6-13(20)17(12)23)11-3-1-2-4-16(11)28(25,26)27-10-7-14(21)18(24)15(22)8-10/h1-8,23-24H. The van der Waals surface area contributed by atoms with E-state index in [1.54, 1.807) is 30.3 Å². The van der Waals surface area contributed by atoms with E-state index in [0.717, 1.165) is 0 Å². The Balaban J connectivity index is 2.10. The van der Waals surface area contributed by atoms with Gasteiger partial charge in [0.25, 0.3) is 0 Å². The molecule has 0 saturated heterocycles. The van der Waals surface area contributed by atoms with Crippen LogP contribution in [0.4, 0.5) is 0 Å². The number of benzene rings is 3. The van der Waals surface area contributed by atoms with Crippen molar-refractivity contribution in [2.45, 2.75) is 4.90 Å². The zero-order chi connectivity index (χ0) is 20.6. The summed E-state index contributed by atoms with van der Waals surface area (Å²) in [5.74, 6) is -0.0255. The first-order valence-corrected chi connectivity index (χ1v) is 12.1. The summed E-state index contributed by atoms with van der Waals surface area (Å²) >= 11 is 12.8. The lowest BCUT2D eigenvalue weighted by atomic mass is 10.1. The first kappa shape index (κ1) is 21.6. The molecule has 3 rings (SSSR count). The SMILES string of the molecule is O=S(=O)(Oc1cc(Br)c(O)c(Br)c1)c1ccccc1-c1cc(Br)c(O)c(Br)c1. The van der Waals surface area contributed by atoms with E-state index < -0.39 is 10.1 Å². The van der Waals surface area contributed by atoms with Crippen molar-refractivity contribution in [3.63, 3.8) is 0 Å². The van der Waals surface area contributed by atoms with Gasteiger partial charge in [0.1, 0.15) is 22.1 Å². The molecule has 0 heterocycles. The van der Waals surface area contributed by atoms with Crippen LogP contribution in [0.5, 0.6) is 17.2 Å². The Morgan fingerprint density at radius 1 is 0.750 bits per heavy atom. The summed E-state index contributed by atoms with van der Waals surface area (Å²) < 4.78 is 32.6. The summed E-state index contributed by atoms with van der Waals surface area (Å²) in [7, 11) is -4.19. The first-order chi connectivity index (χ1) is 13.1. The molecule has 10 heteroatoms. The molecule has 0 aromatic heterocycles. The predicted molar refractivity (Wildman–Crippen MR) is 120 cm³/mol. The monoisotopic (exact) mass is 654 g/mol. The third kappa shape index (κ3) is 4.40. The molecule has 0 aliphatic heterocycles. The Morgan fingerprint density at radius 3 is 1.75 bits per heavy atom. The highest BCUT2D eigenvalue weighted by molar-refractivity contribution is 9.11. The van der Waals surface area contributed by atoms with Gasteiger partial charge < -0.3 is 14.4 Å². The minimum atomic E-state index is -4.19. The van der Waals surface area contributed by atoms with Gasteiger partial charge in [-0.05, 0) is 99.6 Å². The molecule has 0 amide bonds. The smallest absolute Gasteiger partial charge is 0.339 e. The van der Waals surface area contributed by atoms with Crippen LogP contribution in [0.1, 0.15) is 0 Å². The van der Waals surface area contributed by atoms with Crippen molar-refractivity contribution in [1.29, 1.82) is 0 Å². The van der Waals surface area contributed by atoms with Gasteiger partial charge in [-0.1, -0.05) is 18.2 Å². The second-order valence-electron chi connectivity index (χ2n) is 5.56. The minimum absolute atomic E-state index is 0.0131. The highest BCUT2D eigenvalue weighted by Gasteiger charge is 2.23. The molecule has 3 aromatic carbocycles. The van der Waals surface area contributed by atoms with Crippen molar-refractivity contribution in [2.24, 2.45) is 0 Å². The summed E-state index contributed by atoms with van der Waals surface area (Å²) in [5.41, 5.74) is 0.966. The van der Waals surface area contributed by atoms with E-state index in [1.165, 1.54) is 18.2 Å². The lowest BCUT2D eigenvalue weighted by Gasteiger charge is -2.13. The van der Waals surface area contributed by atoms with Gasteiger partial charge in [0, 0.05) is 5.56 Å². The lowest BCUT2D eigenvalue weighted by molar-refractivity contribution is 0.462. The lowest BCUT2D eigenvalue weighted by Crippen LogP contribution is -2.11. The van der Waals surface area contributed by atoms with Crippen LogP contribution in [0.15, 0.2) is 71.3 Å². The second kappa shape index (κ2) is 8.35. The summed E-state index contributed by atoms with van der Waals surface area (Å²) in [6.45, 7) is 0. The van der Waals surface area contributed by atoms with E-state index in [1.807, 2.05) is 0 Å². The average Bonchev–Trinajstić information content (AvgIpc) is 2.63. The van der Waals surface area contributed by atoms with Crippen LogP contribution in [0.3, 0.4) is 0 Å². The molecule has 0 radical (unpaired) electrons.